The maximum absolute atomic E-state index is 12.2. The Labute approximate surface area is 164 Å². The molecule has 4 rings (SSSR count). The van der Waals surface area contributed by atoms with Crippen molar-refractivity contribution in [3.05, 3.63) is 42.0 Å². The summed E-state index contributed by atoms with van der Waals surface area (Å²) in [7, 11) is 0. The molecule has 0 unspecified atom stereocenters. The lowest BCUT2D eigenvalue weighted by Crippen LogP contribution is -2.14. The number of nitrogens with two attached hydrogens (primary N) is 1. The number of hydrogen-bond donors (Lipinski definition) is 1. The molecule has 1 saturated carbocycles. The van der Waals surface area contributed by atoms with E-state index in [0.29, 0.717) is 17.2 Å². The van der Waals surface area contributed by atoms with Crippen LogP contribution in [0.15, 0.2) is 36.4 Å². The average molecular weight is 378 g/mol. The summed E-state index contributed by atoms with van der Waals surface area (Å²) in [6.45, 7) is 2.42. The van der Waals surface area contributed by atoms with E-state index in [-0.39, 0.29) is 12.4 Å². The van der Waals surface area contributed by atoms with Crippen LogP contribution in [0.3, 0.4) is 0 Å². The summed E-state index contributed by atoms with van der Waals surface area (Å²) in [6, 6.07) is 11.5. The molecule has 1 aliphatic rings. The number of carbonyl (C=O) groups excluding carboxylic acids is 2. The van der Waals surface area contributed by atoms with Gasteiger partial charge in [-0.1, -0.05) is 31.4 Å². The maximum Gasteiger partial charge on any atom is 0.249 e. The quantitative estimate of drug-likeness (QED) is 0.689. The molecule has 0 saturated heterocycles. The van der Waals surface area contributed by atoms with E-state index < -0.39 is 5.91 Å². The average Bonchev–Trinajstić information content (AvgIpc) is 3.01. The van der Waals surface area contributed by atoms with Crippen molar-refractivity contribution >= 4 is 33.5 Å². The van der Waals surface area contributed by atoms with Gasteiger partial charge in [-0.2, -0.15) is 0 Å². The van der Waals surface area contributed by atoms with E-state index in [9.17, 15) is 9.59 Å². The smallest absolute Gasteiger partial charge is 0.249 e. The Hall–Kier alpha value is -2.82. The van der Waals surface area contributed by atoms with E-state index in [2.05, 4.69) is 10.6 Å². The fourth-order valence-electron chi connectivity index (χ4n) is 4.48. The highest BCUT2D eigenvalue weighted by atomic mass is 16.5. The normalized spacial score (nSPS) is 15.2. The summed E-state index contributed by atoms with van der Waals surface area (Å²) in [6.07, 6.45) is 6.34. The van der Waals surface area contributed by atoms with Crippen molar-refractivity contribution in [3.8, 4) is 5.75 Å². The Kier molecular flexibility index (Phi) is 5.07. The minimum Gasteiger partial charge on any atom is -0.485 e. The molecule has 146 valence electrons. The molecule has 1 aromatic heterocycles. The first-order chi connectivity index (χ1) is 13.6. The molecule has 1 aliphatic carbocycles. The van der Waals surface area contributed by atoms with E-state index in [1.165, 1.54) is 39.0 Å². The number of fused-ring (bicyclic) bond motifs is 3. The van der Waals surface area contributed by atoms with E-state index >= 15 is 0 Å². The van der Waals surface area contributed by atoms with Crippen LogP contribution in [0, 0.1) is 5.92 Å². The maximum atomic E-state index is 12.2. The SMILES string of the molecule is CC(=O)COc1cccc2c1c1c(C(N)=O)cccc1n2CC1CCCCC1. The number of nitrogens with zero attached hydrogens (tertiary/aromatic N) is 1. The molecular formula is C23H26N2O3. The number of rotatable bonds is 6. The van der Waals surface area contributed by atoms with Gasteiger partial charge in [0.2, 0.25) is 5.91 Å². The van der Waals surface area contributed by atoms with Crippen LogP contribution < -0.4 is 10.5 Å². The van der Waals surface area contributed by atoms with E-state index in [1.807, 2.05) is 24.3 Å². The number of primary amides is 1. The molecule has 0 spiro atoms. The number of hydrogen-bond acceptors (Lipinski definition) is 3. The lowest BCUT2D eigenvalue weighted by molar-refractivity contribution is -0.118. The topological polar surface area (TPSA) is 74.3 Å². The van der Waals surface area contributed by atoms with Crippen LogP contribution in [0.4, 0.5) is 0 Å². The zero-order chi connectivity index (χ0) is 19.7. The third-order valence-corrected chi connectivity index (χ3v) is 5.74. The van der Waals surface area contributed by atoms with Crippen molar-refractivity contribution in [2.75, 3.05) is 6.61 Å². The minimum absolute atomic E-state index is 0.00709. The number of aromatic nitrogens is 1. The van der Waals surface area contributed by atoms with Gasteiger partial charge in [0.15, 0.2) is 5.78 Å². The Morgan fingerprint density at radius 2 is 1.71 bits per heavy atom. The monoisotopic (exact) mass is 378 g/mol. The van der Waals surface area contributed by atoms with Crippen LogP contribution in [-0.2, 0) is 11.3 Å². The van der Waals surface area contributed by atoms with Gasteiger partial charge in [-0.15, -0.1) is 0 Å². The fourth-order valence-corrected chi connectivity index (χ4v) is 4.48. The number of benzene rings is 2. The molecule has 1 heterocycles. The molecule has 0 aliphatic heterocycles. The second-order valence-electron chi connectivity index (χ2n) is 7.82. The Bertz CT molecular complexity index is 1040. The van der Waals surface area contributed by atoms with Crippen LogP contribution in [0.1, 0.15) is 49.4 Å². The molecule has 1 fully saturated rings. The van der Waals surface area contributed by atoms with Gasteiger partial charge in [0.1, 0.15) is 12.4 Å². The molecule has 0 radical (unpaired) electrons. The summed E-state index contributed by atoms with van der Waals surface area (Å²) in [4.78, 5) is 23.6. The van der Waals surface area contributed by atoms with Gasteiger partial charge in [-0.3, -0.25) is 9.59 Å². The number of ether oxygens (including phenoxy) is 1. The molecule has 28 heavy (non-hydrogen) atoms. The van der Waals surface area contributed by atoms with Gasteiger partial charge in [-0.05, 0) is 49.9 Å². The molecule has 2 N–H and O–H groups in total. The number of ketones is 1. The van der Waals surface area contributed by atoms with E-state index in [4.69, 9.17) is 10.5 Å². The first-order valence-electron chi connectivity index (χ1n) is 10.0. The predicted molar refractivity (Wildman–Crippen MR) is 111 cm³/mol. The highest BCUT2D eigenvalue weighted by Gasteiger charge is 2.22. The highest BCUT2D eigenvalue weighted by Crippen LogP contribution is 2.39. The summed E-state index contributed by atoms with van der Waals surface area (Å²) in [5.74, 6) is 0.752. The predicted octanol–water partition coefficient (Wildman–Crippen LogP) is 4.44. The summed E-state index contributed by atoms with van der Waals surface area (Å²) in [5.41, 5.74) is 8.20. The van der Waals surface area contributed by atoms with Crippen molar-refractivity contribution in [1.29, 1.82) is 0 Å². The van der Waals surface area contributed by atoms with Crippen LogP contribution in [0.2, 0.25) is 0 Å². The lowest BCUT2D eigenvalue weighted by atomic mass is 9.89. The van der Waals surface area contributed by atoms with Gasteiger partial charge in [-0.25, -0.2) is 0 Å². The van der Waals surface area contributed by atoms with Gasteiger partial charge < -0.3 is 15.0 Å². The summed E-state index contributed by atoms with van der Waals surface area (Å²) >= 11 is 0. The summed E-state index contributed by atoms with van der Waals surface area (Å²) in [5, 5.41) is 1.68. The number of Topliss-reactive ketones (excluding diaryl/α,β-unsaturated/α-hetero) is 1. The Morgan fingerprint density at radius 1 is 1.04 bits per heavy atom. The second-order valence-corrected chi connectivity index (χ2v) is 7.82. The molecule has 3 aromatic rings. The van der Waals surface area contributed by atoms with Gasteiger partial charge in [0.25, 0.3) is 0 Å². The van der Waals surface area contributed by atoms with Crippen LogP contribution >= 0.6 is 0 Å². The standard InChI is InChI=1S/C23H26N2O3/c1-15(26)14-28-20-12-6-11-19-22(20)21-17(23(24)27)9-5-10-18(21)25(19)13-16-7-3-2-4-8-16/h5-6,9-12,16H,2-4,7-8,13-14H2,1H3,(H2,24,27). The summed E-state index contributed by atoms with van der Waals surface area (Å²) < 4.78 is 8.11. The first-order valence-corrected chi connectivity index (χ1v) is 10.0. The number of amides is 1. The van der Waals surface area contributed by atoms with Gasteiger partial charge >= 0.3 is 0 Å². The molecule has 0 bridgehead atoms. The fraction of sp³-hybridized carbons (Fsp3) is 0.391. The lowest BCUT2D eigenvalue weighted by Gasteiger charge is -2.23. The second kappa shape index (κ2) is 7.66. The zero-order valence-electron chi connectivity index (χ0n) is 16.2. The van der Waals surface area contributed by atoms with Crippen LogP contribution in [0.5, 0.6) is 5.75 Å². The van der Waals surface area contributed by atoms with Crippen molar-refractivity contribution in [2.45, 2.75) is 45.6 Å². The molecule has 0 atom stereocenters. The van der Waals surface area contributed by atoms with Crippen LogP contribution in [0.25, 0.3) is 21.8 Å². The van der Waals surface area contributed by atoms with Crippen LogP contribution in [-0.4, -0.2) is 22.9 Å². The molecule has 1 amide bonds. The van der Waals surface area contributed by atoms with Crippen molar-refractivity contribution in [2.24, 2.45) is 11.7 Å². The zero-order valence-corrected chi connectivity index (χ0v) is 16.2. The van der Waals surface area contributed by atoms with Crippen molar-refractivity contribution in [3.63, 3.8) is 0 Å². The van der Waals surface area contributed by atoms with Gasteiger partial charge in [0.05, 0.1) is 16.4 Å². The Balaban J connectivity index is 1.94. The largest absolute Gasteiger partial charge is 0.485 e. The molecule has 5 heteroatoms. The third-order valence-electron chi connectivity index (χ3n) is 5.74. The third kappa shape index (κ3) is 3.37. The highest BCUT2D eigenvalue weighted by molar-refractivity contribution is 6.19. The van der Waals surface area contributed by atoms with E-state index in [1.54, 1.807) is 6.07 Å². The molecule has 5 nitrogen and oxygen atoms in total. The minimum atomic E-state index is -0.455. The van der Waals surface area contributed by atoms with Crippen molar-refractivity contribution in [1.82, 2.24) is 4.57 Å². The van der Waals surface area contributed by atoms with Gasteiger partial charge in [0, 0.05) is 17.5 Å². The van der Waals surface area contributed by atoms with Crippen molar-refractivity contribution < 1.29 is 14.3 Å². The Morgan fingerprint density at radius 3 is 2.39 bits per heavy atom. The first kappa shape index (κ1) is 18.5. The number of carbonyl (C=O) groups is 2. The molecule has 2 aromatic carbocycles. The van der Waals surface area contributed by atoms with E-state index in [0.717, 1.165) is 28.4 Å². The molecular weight excluding hydrogens is 352 g/mol.